The Bertz CT molecular complexity index is 510. The van der Waals surface area contributed by atoms with Crippen molar-refractivity contribution in [2.75, 3.05) is 7.11 Å². The number of nitrogens with one attached hydrogen (secondary N) is 1. The number of Topliss-reactive ketones (excluding diaryl/α,β-unsaturated/α-hetero) is 1. The Hall–Kier alpha value is -1.60. The molecule has 0 aliphatic rings. The Morgan fingerprint density at radius 2 is 1.84 bits per heavy atom. The van der Waals surface area contributed by atoms with Gasteiger partial charge >= 0.3 is 5.97 Å². The van der Waals surface area contributed by atoms with E-state index in [0.717, 1.165) is 7.11 Å². The molecular weight excluding hydrogens is 287 g/mol. The first-order valence-corrected chi connectivity index (χ1v) is 5.40. The van der Waals surface area contributed by atoms with E-state index in [0.29, 0.717) is 6.07 Å². The maximum atomic E-state index is 13.4. The molecule has 1 atom stereocenters. The fraction of sp³-hybridized carbons (Fsp3) is 0.273. The van der Waals surface area contributed by atoms with E-state index in [9.17, 15) is 22.8 Å². The van der Waals surface area contributed by atoms with Crippen LogP contribution in [0.5, 0.6) is 0 Å². The molecule has 0 radical (unpaired) electrons. The van der Waals surface area contributed by atoms with Gasteiger partial charge in [0.2, 0.25) is 0 Å². The number of methoxy groups -OCH3 is 1. The van der Waals surface area contributed by atoms with E-state index in [1.165, 1.54) is 0 Å². The summed E-state index contributed by atoms with van der Waals surface area (Å²) < 4.78 is 43.4. The van der Waals surface area contributed by atoms with E-state index >= 15 is 0 Å². The molecule has 0 aromatic heterocycles. The number of hydrogen-bond acceptors (Lipinski definition) is 4. The standard InChI is InChI=1S/C11H9ClF3NO3/c1-19-10(17)4-9(16-12)11(18)5-2-7(14)8(15)3-6(5)13/h2-3,9,16H,4H2,1H3/t9-/m0/s1. The summed E-state index contributed by atoms with van der Waals surface area (Å²) in [6, 6.07) is -0.661. The Morgan fingerprint density at radius 1 is 1.26 bits per heavy atom. The highest BCUT2D eigenvalue weighted by Gasteiger charge is 2.26. The van der Waals surface area contributed by atoms with Crippen LogP contribution in [0.3, 0.4) is 0 Å². The van der Waals surface area contributed by atoms with E-state index in [1.807, 2.05) is 4.84 Å². The summed E-state index contributed by atoms with van der Waals surface area (Å²) >= 11 is 5.27. The number of ether oxygens (including phenoxy) is 1. The smallest absolute Gasteiger partial charge is 0.307 e. The third-order valence-electron chi connectivity index (χ3n) is 2.32. The van der Waals surface area contributed by atoms with Crippen molar-refractivity contribution >= 4 is 23.5 Å². The minimum Gasteiger partial charge on any atom is -0.469 e. The highest BCUT2D eigenvalue weighted by Crippen LogP contribution is 2.16. The van der Waals surface area contributed by atoms with E-state index in [-0.39, 0.29) is 6.07 Å². The van der Waals surface area contributed by atoms with Gasteiger partial charge < -0.3 is 4.74 Å². The molecule has 8 heteroatoms. The van der Waals surface area contributed by atoms with Crippen LogP contribution in [0.4, 0.5) is 13.2 Å². The van der Waals surface area contributed by atoms with E-state index in [1.54, 1.807) is 0 Å². The van der Waals surface area contributed by atoms with Gasteiger partial charge in [-0.25, -0.2) is 18.0 Å². The lowest BCUT2D eigenvalue weighted by Crippen LogP contribution is -2.34. The molecule has 104 valence electrons. The van der Waals surface area contributed by atoms with E-state index in [2.05, 4.69) is 4.74 Å². The molecule has 0 heterocycles. The molecule has 0 unspecified atom stereocenters. The average molecular weight is 296 g/mol. The lowest BCUT2D eigenvalue weighted by molar-refractivity contribution is -0.140. The van der Waals surface area contributed by atoms with Crippen molar-refractivity contribution < 1.29 is 27.5 Å². The van der Waals surface area contributed by atoms with Gasteiger partial charge in [-0.15, -0.1) is 0 Å². The van der Waals surface area contributed by atoms with Crippen molar-refractivity contribution in [3.05, 3.63) is 35.1 Å². The van der Waals surface area contributed by atoms with Crippen LogP contribution in [0.2, 0.25) is 0 Å². The van der Waals surface area contributed by atoms with Crippen molar-refractivity contribution in [2.45, 2.75) is 12.5 Å². The van der Waals surface area contributed by atoms with Crippen molar-refractivity contribution in [3.8, 4) is 0 Å². The number of halogens is 4. The molecule has 1 N–H and O–H groups in total. The summed E-state index contributed by atoms with van der Waals surface area (Å²) in [5.41, 5.74) is -0.707. The van der Waals surface area contributed by atoms with Crippen molar-refractivity contribution in [2.24, 2.45) is 0 Å². The highest BCUT2D eigenvalue weighted by molar-refractivity contribution is 6.16. The molecule has 1 aromatic carbocycles. The second-order valence-electron chi connectivity index (χ2n) is 3.55. The van der Waals surface area contributed by atoms with Crippen LogP contribution in [0.1, 0.15) is 16.8 Å². The molecule has 0 amide bonds. The second kappa shape index (κ2) is 6.53. The maximum Gasteiger partial charge on any atom is 0.307 e. The van der Waals surface area contributed by atoms with Gasteiger partial charge in [-0.05, 0) is 17.8 Å². The normalized spacial score (nSPS) is 12.1. The first kappa shape index (κ1) is 15.5. The maximum absolute atomic E-state index is 13.4. The fourth-order valence-corrected chi connectivity index (χ4v) is 1.51. The molecule has 1 aromatic rings. The number of carbonyl (C=O) groups excluding carboxylic acids is 2. The second-order valence-corrected chi connectivity index (χ2v) is 3.77. The van der Waals surface area contributed by atoms with Gasteiger partial charge in [0.1, 0.15) is 5.82 Å². The zero-order valence-electron chi connectivity index (χ0n) is 9.68. The summed E-state index contributed by atoms with van der Waals surface area (Å²) in [6.45, 7) is 0. The zero-order chi connectivity index (χ0) is 14.6. The fourth-order valence-electron chi connectivity index (χ4n) is 1.33. The molecule has 0 aliphatic heterocycles. The van der Waals surface area contributed by atoms with Crippen molar-refractivity contribution in [1.29, 1.82) is 0 Å². The lowest BCUT2D eigenvalue weighted by atomic mass is 10.0. The summed E-state index contributed by atoms with van der Waals surface area (Å²) in [7, 11) is 1.09. The molecule has 19 heavy (non-hydrogen) atoms. The average Bonchev–Trinajstić information content (AvgIpc) is 2.39. The van der Waals surface area contributed by atoms with Gasteiger partial charge in [0.15, 0.2) is 17.4 Å². The largest absolute Gasteiger partial charge is 0.469 e. The van der Waals surface area contributed by atoms with E-state index < -0.39 is 47.2 Å². The number of hydrogen-bond donors (Lipinski definition) is 1. The first-order chi connectivity index (χ1) is 8.90. The Balaban J connectivity index is 3.04. The summed E-state index contributed by atoms with van der Waals surface area (Å²) in [5.74, 6) is -5.80. The SMILES string of the molecule is COC(=O)C[C@H](NCl)C(=O)c1cc(F)c(F)cc1F. The molecule has 0 spiro atoms. The van der Waals surface area contributed by atoms with Crippen LogP contribution < -0.4 is 4.84 Å². The predicted molar refractivity (Wildman–Crippen MR) is 60.1 cm³/mol. The van der Waals surface area contributed by atoms with Crippen LogP contribution in [0.15, 0.2) is 12.1 Å². The Morgan fingerprint density at radius 3 is 2.37 bits per heavy atom. The first-order valence-electron chi connectivity index (χ1n) is 5.02. The molecule has 0 aliphatic carbocycles. The predicted octanol–water partition coefficient (Wildman–Crippen LogP) is 1.96. The van der Waals surface area contributed by atoms with Crippen LogP contribution in [-0.2, 0) is 9.53 Å². The third kappa shape index (κ3) is 3.68. The molecule has 0 bridgehead atoms. The number of rotatable bonds is 5. The van der Waals surface area contributed by atoms with Gasteiger partial charge in [0, 0.05) is 6.07 Å². The molecule has 1 rings (SSSR count). The van der Waals surface area contributed by atoms with Gasteiger partial charge in [-0.1, -0.05) is 0 Å². The van der Waals surface area contributed by atoms with Gasteiger partial charge in [0.25, 0.3) is 0 Å². The van der Waals surface area contributed by atoms with Crippen LogP contribution in [-0.4, -0.2) is 24.9 Å². The van der Waals surface area contributed by atoms with Crippen LogP contribution >= 0.6 is 11.8 Å². The molecular formula is C11H9ClF3NO3. The highest BCUT2D eigenvalue weighted by atomic mass is 35.5. The number of esters is 1. The molecule has 0 saturated carbocycles. The van der Waals surface area contributed by atoms with Crippen molar-refractivity contribution in [3.63, 3.8) is 0 Å². The summed E-state index contributed by atoms with van der Waals surface area (Å²) in [4.78, 5) is 24.8. The van der Waals surface area contributed by atoms with Gasteiger partial charge in [-0.2, -0.15) is 0 Å². The van der Waals surface area contributed by atoms with Crippen LogP contribution in [0.25, 0.3) is 0 Å². The Kier molecular flexibility index (Phi) is 5.31. The minimum absolute atomic E-state index is 0.242. The van der Waals surface area contributed by atoms with Crippen LogP contribution in [0, 0.1) is 17.5 Å². The Labute approximate surface area is 111 Å². The molecule has 4 nitrogen and oxygen atoms in total. The van der Waals surface area contributed by atoms with Gasteiger partial charge in [0.05, 0.1) is 25.1 Å². The lowest BCUT2D eigenvalue weighted by Gasteiger charge is -2.12. The molecule has 0 saturated heterocycles. The zero-order valence-corrected chi connectivity index (χ0v) is 10.4. The van der Waals surface area contributed by atoms with E-state index in [4.69, 9.17) is 11.8 Å². The van der Waals surface area contributed by atoms with Gasteiger partial charge in [-0.3, -0.25) is 9.59 Å². The summed E-state index contributed by atoms with van der Waals surface area (Å²) in [6.07, 6.45) is -0.475. The monoisotopic (exact) mass is 295 g/mol. The number of benzene rings is 1. The minimum atomic E-state index is -1.42. The summed E-state index contributed by atoms with van der Waals surface area (Å²) in [5, 5.41) is 0. The quantitative estimate of drug-likeness (QED) is 0.390. The third-order valence-corrected chi connectivity index (χ3v) is 2.59. The van der Waals surface area contributed by atoms with Crippen molar-refractivity contribution in [1.82, 2.24) is 4.84 Å². The molecule has 0 fully saturated rings. The number of carbonyl (C=O) groups is 2. The topological polar surface area (TPSA) is 55.4 Å². The number of ketones is 1.